The van der Waals surface area contributed by atoms with Gasteiger partial charge in [-0.25, -0.2) is 13.1 Å². The molecule has 1 aromatic carbocycles. The zero-order valence-electron chi connectivity index (χ0n) is 20.6. The van der Waals surface area contributed by atoms with E-state index in [-0.39, 0.29) is 36.9 Å². The van der Waals surface area contributed by atoms with Gasteiger partial charge >= 0.3 is 0 Å². The number of halogens is 2. The van der Waals surface area contributed by atoms with Crippen LogP contribution in [0.2, 0.25) is 0 Å². The summed E-state index contributed by atoms with van der Waals surface area (Å²) in [4.78, 5) is 16.7. The van der Waals surface area contributed by atoms with Crippen molar-refractivity contribution in [2.75, 3.05) is 13.1 Å². The van der Waals surface area contributed by atoms with Gasteiger partial charge in [-0.15, -0.1) is 0 Å². The van der Waals surface area contributed by atoms with Gasteiger partial charge in [-0.1, -0.05) is 19.9 Å². The highest BCUT2D eigenvalue weighted by atomic mass is 32.2. The number of amides is 1. The first kappa shape index (κ1) is 26.3. The van der Waals surface area contributed by atoms with E-state index in [0.717, 1.165) is 54.9 Å². The summed E-state index contributed by atoms with van der Waals surface area (Å²) in [5, 5.41) is 0. The zero-order valence-corrected chi connectivity index (χ0v) is 21.4. The number of nitrogens with zero attached hydrogens (tertiary/aromatic N) is 2. The van der Waals surface area contributed by atoms with Gasteiger partial charge in [0.15, 0.2) is 0 Å². The van der Waals surface area contributed by atoms with E-state index in [1.54, 1.807) is 11.9 Å². The highest BCUT2D eigenvalue weighted by molar-refractivity contribution is 7.97. The van der Waals surface area contributed by atoms with Crippen LogP contribution in [-0.2, 0) is 4.79 Å². The summed E-state index contributed by atoms with van der Waals surface area (Å²) in [7, 11) is 0. The third-order valence-electron chi connectivity index (χ3n) is 6.80. The number of rotatable bonds is 1. The van der Waals surface area contributed by atoms with Gasteiger partial charge in [0.2, 0.25) is 11.8 Å². The van der Waals surface area contributed by atoms with Gasteiger partial charge in [0, 0.05) is 32.0 Å². The van der Waals surface area contributed by atoms with Crippen molar-refractivity contribution in [1.82, 2.24) is 9.21 Å². The molecule has 2 atom stereocenters. The van der Waals surface area contributed by atoms with Gasteiger partial charge in [0.05, 0.1) is 17.0 Å². The van der Waals surface area contributed by atoms with Crippen molar-refractivity contribution in [2.24, 2.45) is 0 Å². The Labute approximate surface area is 202 Å². The molecule has 2 unspecified atom stereocenters. The van der Waals surface area contributed by atoms with E-state index in [9.17, 15) is 13.6 Å². The lowest BCUT2D eigenvalue weighted by Crippen LogP contribution is -2.50. The quantitative estimate of drug-likeness (QED) is 0.410. The molecular formula is C26H40F2N2O2S. The molecule has 2 heterocycles. The maximum Gasteiger partial charge on any atom is 0.248 e. The molecule has 0 spiro atoms. The van der Waals surface area contributed by atoms with Crippen LogP contribution in [0.5, 0.6) is 5.75 Å². The van der Waals surface area contributed by atoms with Crippen LogP contribution in [0, 0.1) is 6.92 Å². The summed E-state index contributed by atoms with van der Waals surface area (Å²) >= 11 is 1.61. The summed E-state index contributed by atoms with van der Waals surface area (Å²) in [6.45, 7) is 9.67. The van der Waals surface area contributed by atoms with E-state index in [1.807, 2.05) is 18.7 Å². The summed E-state index contributed by atoms with van der Waals surface area (Å²) in [5.74, 6) is -1.56. The molecule has 2 fully saturated rings. The monoisotopic (exact) mass is 482 g/mol. The predicted octanol–water partition coefficient (Wildman–Crippen LogP) is 6.85. The molecular weight excluding hydrogens is 442 g/mol. The number of alkyl halides is 2. The molecule has 3 aliphatic rings. The van der Waals surface area contributed by atoms with Gasteiger partial charge in [-0.05, 0) is 88.4 Å². The lowest BCUT2D eigenvalue weighted by atomic mass is 9.90. The molecule has 2 aliphatic heterocycles. The molecule has 0 aromatic heterocycles. The number of carbonyl (C=O) groups excluding carboxylic acids is 1. The Hall–Kier alpha value is -1.34. The number of hydrogen-bond acceptors (Lipinski definition) is 4. The van der Waals surface area contributed by atoms with Crippen LogP contribution in [0.3, 0.4) is 0 Å². The van der Waals surface area contributed by atoms with Crippen LogP contribution >= 0.6 is 11.9 Å². The average molecular weight is 483 g/mol. The zero-order chi connectivity index (χ0) is 24.0. The topological polar surface area (TPSA) is 32.8 Å². The third kappa shape index (κ3) is 6.84. The van der Waals surface area contributed by atoms with Crippen LogP contribution in [0.1, 0.15) is 84.1 Å². The van der Waals surface area contributed by atoms with E-state index >= 15 is 0 Å². The second kappa shape index (κ2) is 11.9. The largest absolute Gasteiger partial charge is 0.489 e. The van der Waals surface area contributed by atoms with E-state index in [0.29, 0.717) is 19.4 Å². The summed E-state index contributed by atoms with van der Waals surface area (Å²) < 4.78 is 36.0. The molecule has 0 N–H and O–H groups in total. The molecule has 1 saturated carbocycles. The molecule has 4 nitrogen and oxygen atoms in total. The Kier molecular flexibility index (Phi) is 9.45. The fraction of sp³-hybridized carbons (Fsp3) is 0.731. The van der Waals surface area contributed by atoms with Crippen LogP contribution in [0.15, 0.2) is 23.1 Å². The Morgan fingerprint density at radius 3 is 2.48 bits per heavy atom. The van der Waals surface area contributed by atoms with Crippen molar-refractivity contribution in [1.29, 1.82) is 0 Å². The van der Waals surface area contributed by atoms with Gasteiger partial charge in [-0.2, -0.15) is 0 Å². The first-order chi connectivity index (χ1) is 15.8. The number of fused-ring (bicyclic) bond motifs is 2. The maximum atomic E-state index is 13.7. The fourth-order valence-corrected chi connectivity index (χ4v) is 6.12. The number of aryl methyl sites for hydroxylation is 1. The highest BCUT2D eigenvalue weighted by Gasteiger charge is 2.41. The van der Waals surface area contributed by atoms with Crippen molar-refractivity contribution in [2.45, 2.75) is 114 Å². The lowest BCUT2D eigenvalue weighted by molar-refractivity contribution is -0.140. The summed E-state index contributed by atoms with van der Waals surface area (Å²) in [6, 6.07) is 6.00. The minimum atomic E-state index is -2.58. The van der Waals surface area contributed by atoms with Crippen molar-refractivity contribution < 1.29 is 18.3 Å². The minimum absolute atomic E-state index is 0.0617. The Morgan fingerprint density at radius 1 is 1.03 bits per heavy atom. The smallest absolute Gasteiger partial charge is 0.248 e. The second-order valence-corrected chi connectivity index (χ2v) is 10.5. The molecule has 7 heteroatoms. The van der Waals surface area contributed by atoms with Gasteiger partial charge in [0.1, 0.15) is 5.75 Å². The van der Waals surface area contributed by atoms with Crippen molar-refractivity contribution >= 4 is 17.9 Å². The summed E-state index contributed by atoms with van der Waals surface area (Å²) in [6.07, 6.45) is 5.22. The molecule has 33 heavy (non-hydrogen) atoms. The summed E-state index contributed by atoms with van der Waals surface area (Å²) in [5.41, 5.74) is 1.16. The third-order valence-corrected chi connectivity index (χ3v) is 8.01. The van der Waals surface area contributed by atoms with E-state index in [1.165, 1.54) is 0 Å². The number of hydrogen-bond donors (Lipinski definition) is 0. The highest BCUT2D eigenvalue weighted by Crippen LogP contribution is 2.40. The molecule has 1 amide bonds. The van der Waals surface area contributed by atoms with Crippen LogP contribution in [0.25, 0.3) is 0 Å². The minimum Gasteiger partial charge on any atom is -0.489 e. The standard InChI is InChI=1S/C24H34F2N2O2S.C2H6/c1-17-8-9-22-21(16-17)30-18(2)6-3-4-14-27(19-10-12-24(25,26)13-11-19)23(29)20-7-5-15-28(20)31-22;1-2/h8-9,16,18-20H,3-7,10-15H2,1-2H3;1-2H3. The molecule has 4 rings (SSSR count). The Bertz CT molecular complexity index is 782. The Balaban J connectivity index is 0.00000149. The number of benzene rings is 1. The Morgan fingerprint density at radius 2 is 1.76 bits per heavy atom. The molecule has 186 valence electrons. The van der Waals surface area contributed by atoms with E-state index in [2.05, 4.69) is 36.4 Å². The average Bonchev–Trinajstić information content (AvgIpc) is 3.25. The lowest BCUT2D eigenvalue weighted by Gasteiger charge is -2.39. The second-order valence-electron chi connectivity index (χ2n) is 9.38. The first-order valence-electron chi connectivity index (χ1n) is 12.7. The normalized spacial score (nSPS) is 27.1. The molecule has 1 aliphatic carbocycles. The maximum absolute atomic E-state index is 13.7. The first-order valence-corrected chi connectivity index (χ1v) is 13.5. The fourth-order valence-electron chi connectivity index (χ4n) is 5.00. The van der Waals surface area contributed by atoms with Gasteiger partial charge < -0.3 is 9.64 Å². The van der Waals surface area contributed by atoms with Crippen LogP contribution < -0.4 is 4.74 Å². The van der Waals surface area contributed by atoms with Crippen molar-refractivity contribution in [3.05, 3.63) is 23.8 Å². The molecule has 1 saturated heterocycles. The van der Waals surface area contributed by atoms with E-state index < -0.39 is 5.92 Å². The van der Waals surface area contributed by atoms with Gasteiger partial charge in [-0.3, -0.25) is 4.79 Å². The van der Waals surface area contributed by atoms with Crippen LogP contribution in [-0.4, -0.2) is 52.3 Å². The SMILES string of the molecule is CC.Cc1ccc2c(c1)OC(C)CCCCN(C1CCC(F)(F)CC1)C(=O)C1CCCN1S2. The van der Waals surface area contributed by atoms with Gasteiger partial charge in [0.25, 0.3) is 0 Å². The van der Waals surface area contributed by atoms with Crippen LogP contribution in [0.4, 0.5) is 8.78 Å². The molecule has 0 radical (unpaired) electrons. The number of carbonyl (C=O) groups is 1. The number of ether oxygens (including phenoxy) is 1. The van der Waals surface area contributed by atoms with Crippen molar-refractivity contribution in [3.8, 4) is 5.75 Å². The predicted molar refractivity (Wildman–Crippen MR) is 131 cm³/mol. The van der Waals surface area contributed by atoms with E-state index in [4.69, 9.17) is 4.74 Å². The van der Waals surface area contributed by atoms with Crippen molar-refractivity contribution in [3.63, 3.8) is 0 Å². The molecule has 0 bridgehead atoms. The molecule has 1 aromatic rings.